The monoisotopic (exact) mass is 544 g/mol. The number of aromatic nitrogens is 5. The molecule has 0 bridgehead atoms. The lowest BCUT2D eigenvalue weighted by Gasteiger charge is -2.49. The van der Waals surface area contributed by atoms with E-state index in [4.69, 9.17) is 11.6 Å². The average Bonchev–Trinajstić information content (AvgIpc) is 3.39. The number of halogens is 1. The van der Waals surface area contributed by atoms with Crippen LogP contribution in [-0.2, 0) is 26.2 Å². The minimum atomic E-state index is -1.28. The van der Waals surface area contributed by atoms with Gasteiger partial charge in [0.15, 0.2) is 5.13 Å². The normalized spacial score (nSPS) is 19.4. The summed E-state index contributed by atoms with van der Waals surface area (Å²) in [5, 5.41) is 25.2. The number of Topliss-reactive ketones (excluding diaryl/α,β-unsaturated/α-hetero) is 1. The van der Waals surface area contributed by atoms with Gasteiger partial charge in [0, 0.05) is 18.6 Å². The molecule has 1 fully saturated rings. The smallest absolute Gasteiger partial charge is 0.352 e. The number of nitrogens with one attached hydrogen (secondary N) is 2. The molecular formula is C16H13ClN8O6S3. The molecular weight excluding hydrogens is 532 g/mol. The third-order valence-corrected chi connectivity index (χ3v) is 8.30. The number of thiazole rings is 1. The number of carboxylic acid groups (broad SMARTS) is 1. The third kappa shape index (κ3) is 4.38. The molecule has 1 saturated heterocycles. The molecule has 0 aromatic carbocycles. The van der Waals surface area contributed by atoms with Crippen LogP contribution in [0.4, 0.5) is 5.13 Å². The number of thioether (sulfide) groups is 2. The number of carboxylic acids is 1. The van der Waals surface area contributed by atoms with Gasteiger partial charge < -0.3 is 15.7 Å². The molecule has 18 heteroatoms. The molecule has 14 nitrogen and oxygen atoms in total. The number of carbonyl (C=O) groups excluding carboxylic acids is 4. The summed E-state index contributed by atoms with van der Waals surface area (Å²) in [6.45, 7) is 0. The molecule has 3 amide bonds. The van der Waals surface area contributed by atoms with Gasteiger partial charge in [0.2, 0.25) is 11.6 Å². The summed E-state index contributed by atoms with van der Waals surface area (Å²) < 4.78 is 1.34. The average molecular weight is 545 g/mol. The molecule has 2 atom stereocenters. The number of nitrogens with zero attached hydrogens (tertiary/aromatic N) is 6. The molecule has 2 aliphatic rings. The highest BCUT2D eigenvalue weighted by Gasteiger charge is 2.54. The summed E-state index contributed by atoms with van der Waals surface area (Å²) in [7, 11) is 1.65. The standard InChI is InChI=1S/C16H13ClN8O6S3/c1-24-16(21-22-23-24)33-3-5-2-32-13-7(12(29)25(13)8(5)14(30)31)19-11(28)9(27)6-10(17)34-15(20-6)18-4-26/h4,7,13H,2-3H2,1H3,(H,19,28)(H,30,31)(H,18,20,26)/t7?,13-/m1/s1. The Balaban J connectivity index is 1.46. The van der Waals surface area contributed by atoms with E-state index in [1.807, 2.05) is 0 Å². The van der Waals surface area contributed by atoms with Crippen LogP contribution in [-0.4, -0.2) is 88.1 Å². The van der Waals surface area contributed by atoms with Crippen LogP contribution in [0.1, 0.15) is 10.5 Å². The number of hydrogen-bond acceptors (Lipinski definition) is 12. The van der Waals surface area contributed by atoms with Crippen molar-refractivity contribution < 1.29 is 29.1 Å². The minimum absolute atomic E-state index is 0.0311. The van der Waals surface area contributed by atoms with Gasteiger partial charge in [-0.3, -0.25) is 24.1 Å². The number of ketones is 1. The fourth-order valence-electron chi connectivity index (χ4n) is 3.16. The second kappa shape index (κ2) is 9.69. The number of anilines is 1. The first-order chi connectivity index (χ1) is 16.2. The van der Waals surface area contributed by atoms with E-state index in [9.17, 15) is 29.1 Å². The number of fused-ring (bicyclic) bond motifs is 1. The molecule has 4 rings (SSSR count). The van der Waals surface area contributed by atoms with Gasteiger partial charge in [-0.15, -0.1) is 16.9 Å². The Kier molecular flexibility index (Phi) is 6.87. The lowest BCUT2D eigenvalue weighted by atomic mass is 10.0. The van der Waals surface area contributed by atoms with E-state index in [1.165, 1.54) is 28.2 Å². The van der Waals surface area contributed by atoms with E-state index in [0.717, 1.165) is 16.2 Å². The van der Waals surface area contributed by atoms with Gasteiger partial charge in [0.1, 0.15) is 27.1 Å². The molecule has 3 N–H and O–H groups in total. The van der Waals surface area contributed by atoms with Gasteiger partial charge in [-0.25, -0.2) is 14.5 Å². The fraction of sp³-hybridized carbons (Fsp3) is 0.312. The number of aryl methyl sites for hydroxylation is 1. The molecule has 1 unspecified atom stereocenters. The van der Waals surface area contributed by atoms with Crippen LogP contribution in [0.5, 0.6) is 0 Å². The highest BCUT2D eigenvalue weighted by atomic mass is 35.5. The van der Waals surface area contributed by atoms with E-state index in [-0.39, 0.29) is 32.4 Å². The Hall–Kier alpha value is -3.02. The maximum absolute atomic E-state index is 12.8. The molecule has 0 saturated carbocycles. The number of carbonyl (C=O) groups is 5. The van der Waals surface area contributed by atoms with Crippen LogP contribution >= 0.6 is 46.5 Å². The van der Waals surface area contributed by atoms with Crippen LogP contribution in [0.25, 0.3) is 0 Å². The van der Waals surface area contributed by atoms with E-state index in [1.54, 1.807) is 7.05 Å². The Morgan fingerprint density at radius 3 is 2.79 bits per heavy atom. The van der Waals surface area contributed by atoms with Crippen molar-refractivity contribution in [3.8, 4) is 0 Å². The summed E-state index contributed by atoms with van der Waals surface area (Å²) in [5.74, 6) is -3.63. The predicted octanol–water partition coefficient (Wildman–Crippen LogP) is -0.398. The second-order valence-corrected chi connectivity index (χ2v) is 10.4. The van der Waals surface area contributed by atoms with Crippen molar-refractivity contribution in [3.05, 3.63) is 21.3 Å². The zero-order valence-electron chi connectivity index (χ0n) is 16.9. The summed E-state index contributed by atoms with van der Waals surface area (Å²) in [5.41, 5.74) is -0.0297. The van der Waals surface area contributed by atoms with Crippen LogP contribution in [0.15, 0.2) is 16.4 Å². The Labute approximate surface area is 207 Å². The van der Waals surface area contributed by atoms with E-state index in [2.05, 4.69) is 31.1 Å². The number of rotatable bonds is 9. The van der Waals surface area contributed by atoms with Gasteiger partial charge in [-0.1, -0.05) is 34.7 Å². The first-order valence-corrected chi connectivity index (χ1v) is 12.4. The summed E-state index contributed by atoms with van der Waals surface area (Å²) in [4.78, 5) is 65.0. The van der Waals surface area contributed by atoms with Crippen molar-refractivity contribution in [2.45, 2.75) is 16.6 Å². The molecule has 0 aliphatic carbocycles. The summed E-state index contributed by atoms with van der Waals surface area (Å²) >= 11 is 9.20. The van der Waals surface area contributed by atoms with Crippen LogP contribution in [0, 0.1) is 0 Å². The number of β-lactam (4-membered cyclic amide) rings is 1. The first-order valence-electron chi connectivity index (χ1n) is 9.19. The Bertz CT molecular complexity index is 1250. The number of amides is 3. The molecule has 178 valence electrons. The van der Waals surface area contributed by atoms with Crippen molar-refractivity contribution in [1.29, 1.82) is 0 Å². The van der Waals surface area contributed by atoms with Crippen molar-refractivity contribution >= 4 is 81.6 Å². The molecule has 2 aliphatic heterocycles. The predicted molar refractivity (Wildman–Crippen MR) is 120 cm³/mol. The number of tetrazole rings is 1. The summed E-state index contributed by atoms with van der Waals surface area (Å²) in [6.07, 6.45) is 0.343. The van der Waals surface area contributed by atoms with Crippen LogP contribution in [0.2, 0.25) is 4.34 Å². The van der Waals surface area contributed by atoms with Crippen molar-refractivity contribution in [1.82, 2.24) is 35.4 Å². The van der Waals surface area contributed by atoms with Crippen molar-refractivity contribution in [2.24, 2.45) is 7.05 Å². The third-order valence-electron chi connectivity index (χ3n) is 4.68. The molecule has 4 heterocycles. The zero-order valence-corrected chi connectivity index (χ0v) is 20.1. The molecule has 2 aromatic rings. The number of aliphatic carboxylic acids is 1. The van der Waals surface area contributed by atoms with Crippen molar-refractivity contribution in [2.75, 3.05) is 16.8 Å². The maximum atomic E-state index is 12.8. The van der Waals surface area contributed by atoms with E-state index in [0.29, 0.717) is 17.1 Å². The van der Waals surface area contributed by atoms with Gasteiger partial charge in [-0.05, 0) is 16.0 Å². The molecule has 0 spiro atoms. The van der Waals surface area contributed by atoms with Crippen LogP contribution < -0.4 is 10.6 Å². The van der Waals surface area contributed by atoms with Crippen molar-refractivity contribution in [3.63, 3.8) is 0 Å². The first kappa shape index (κ1) is 24.1. The lowest BCUT2D eigenvalue weighted by molar-refractivity contribution is -0.150. The topological polar surface area (TPSA) is 189 Å². The fourth-order valence-corrected chi connectivity index (χ4v) is 6.49. The maximum Gasteiger partial charge on any atom is 0.352 e. The van der Waals surface area contributed by atoms with Gasteiger partial charge >= 0.3 is 5.97 Å². The van der Waals surface area contributed by atoms with E-state index >= 15 is 0 Å². The lowest BCUT2D eigenvalue weighted by Crippen LogP contribution is -2.71. The summed E-state index contributed by atoms with van der Waals surface area (Å²) in [6, 6.07) is -1.10. The second-order valence-electron chi connectivity index (χ2n) is 6.72. The Morgan fingerprint density at radius 1 is 1.38 bits per heavy atom. The molecule has 34 heavy (non-hydrogen) atoms. The largest absolute Gasteiger partial charge is 0.477 e. The van der Waals surface area contributed by atoms with Gasteiger partial charge in [0.05, 0.1) is 0 Å². The number of hydrogen-bond donors (Lipinski definition) is 3. The minimum Gasteiger partial charge on any atom is -0.477 e. The van der Waals surface area contributed by atoms with E-state index < -0.39 is 35.0 Å². The highest BCUT2D eigenvalue weighted by molar-refractivity contribution is 8.01. The highest BCUT2D eigenvalue weighted by Crippen LogP contribution is 2.41. The van der Waals surface area contributed by atoms with Gasteiger partial charge in [-0.2, -0.15) is 0 Å². The quantitative estimate of drug-likeness (QED) is 0.122. The van der Waals surface area contributed by atoms with Crippen LogP contribution in [0.3, 0.4) is 0 Å². The SMILES string of the molecule is Cn1nnnc1SCC1=C(C(=O)O)N2C(=O)C(NC(=O)C(=O)c3nc(NC=O)sc3Cl)[C@H]2SC1. The molecule has 0 radical (unpaired) electrons. The Morgan fingerprint density at radius 2 is 2.15 bits per heavy atom. The van der Waals surface area contributed by atoms with Gasteiger partial charge in [0.25, 0.3) is 17.6 Å². The zero-order chi connectivity index (χ0) is 24.6. The molecule has 2 aromatic heterocycles.